The fourth-order valence-corrected chi connectivity index (χ4v) is 18.5. The topological polar surface area (TPSA) is 192 Å². The molecule has 14 aliphatic carbocycles. The molecule has 4 atom stereocenters. The summed E-state index contributed by atoms with van der Waals surface area (Å²) in [5, 5.41) is 31.5. The standard InChI is InChI=1S/C17H26O2.C14H20O4.C14H20O3.C12H20O2.C11H18O2/c1-10(2)16(18)19-17(11(3)4)14-6-12-5-13(8-14)9-15(17)7-12;1-9(2)11(15)18-14-5-10-3-12(16,7-14)6-13(17,4-10)8-14;1-9(2)12(15)17-14-6-10-3-11(7-14)5-13(16,4-10)8-14;1-9(2)11(13)14-12(10(3)4)7-5-6-8-12;1-4-11(7-5-6-8-11)13-10(12)9(2)3/h11-15H,1,5-9H2,2-4H3;10,16-17H,1,3-8H2,2H3;10-11,16H,1,3-8H2,2H3;10H,1,5-8H2,2-4H3;2,4-8H2,1,3H3. The second-order valence-electron chi connectivity index (χ2n) is 29.3. The summed E-state index contributed by atoms with van der Waals surface area (Å²) < 4.78 is 28.4. The van der Waals surface area contributed by atoms with Gasteiger partial charge in [0.05, 0.1) is 16.8 Å². The molecule has 13 heteroatoms. The number of rotatable bonds is 13. The first-order chi connectivity index (χ1) is 37.6. The van der Waals surface area contributed by atoms with Gasteiger partial charge in [0.15, 0.2) is 0 Å². The molecule has 14 rings (SSSR count). The number of hydrogen-bond acceptors (Lipinski definition) is 13. The summed E-state index contributed by atoms with van der Waals surface area (Å²) in [7, 11) is 0. The lowest BCUT2D eigenvalue weighted by Gasteiger charge is -2.62. The van der Waals surface area contributed by atoms with Crippen molar-refractivity contribution in [2.75, 3.05) is 0 Å². The van der Waals surface area contributed by atoms with Gasteiger partial charge in [-0.3, -0.25) is 0 Å². The number of ether oxygens (including phenoxy) is 5. The van der Waals surface area contributed by atoms with E-state index in [2.05, 4.69) is 67.5 Å². The largest absolute Gasteiger partial charge is 0.456 e. The minimum absolute atomic E-state index is 0.171. The molecule has 0 aliphatic heterocycles. The van der Waals surface area contributed by atoms with E-state index in [1.165, 1.54) is 64.2 Å². The predicted molar refractivity (Wildman–Crippen MR) is 313 cm³/mol. The molecule has 0 spiro atoms. The lowest BCUT2D eigenvalue weighted by Crippen LogP contribution is -2.66. The Kier molecular flexibility index (Phi) is 19.5. The normalized spacial score (nSPS) is 37.6. The van der Waals surface area contributed by atoms with Gasteiger partial charge in [-0.1, -0.05) is 67.5 Å². The van der Waals surface area contributed by atoms with Crippen molar-refractivity contribution in [2.24, 2.45) is 53.3 Å². The Bertz CT molecular complexity index is 2370. The minimum atomic E-state index is -0.858. The van der Waals surface area contributed by atoms with E-state index in [4.69, 9.17) is 23.7 Å². The van der Waals surface area contributed by atoms with Crippen molar-refractivity contribution < 1.29 is 63.0 Å². The minimum Gasteiger partial charge on any atom is -0.456 e. The number of carbonyl (C=O) groups excluding carboxylic acids is 5. The highest BCUT2D eigenvalue weighted by Gasteiger charge is 2.65. The number of hydrogen-bond donors (Lipinski definition) is 3. The summed E-state index contributed by atoms with van der Waals surface area (Å²) in [6.45, 7) is 37.4. The van der Waals surface area contributed by atoms with Crippen LogP contribution in [0.1, 0.15) is 236 Å². The van der Waals surface area contributed by atoms with Gasteiger partial charge >= 0.3 is 29.8 Å². The van der Waals surface area contributed by atoms with E-state index >= 15 is 0 Å². The Morgan fingerprint density at radius 3 is 1.17 bits per heavy atom. The van der Waals surface area contributed by atoms with E-state index in [0.717, 1.165) is 88.9 Å². The highest BCUT2D eigenvalue weighted by Crippen LogP contribution is 2.63. The number of esters is 5. The van der Waals surface area contributed by atoms with Gasteiger partial charge in [-0.05, 0) is 229 Å². The molecule has 4 unspecified atom stereocenters. The molecule has 14 saturated carbocycles. The first kappa shape index (κ1) is 64.5. The summed E-state index contributed by atoms with van der Waals surface area (Å²) in [6.07, 6.45) is 25.2. The highest BCUT2D eigenvalue weighted by molar-refractivity contribution is 5.89. The van der Waals surface area contributed by atoms with Crippen LogP contribution in [0.15, 0.2) is 60.8 Å². The van der Waals surface area contributed by atoms with Crippen LogP contribution in [0.25, 0.3) is 0 Å². The molecule has 3 N–H and O–H groups in total. The Labute approximate surface area is 485 Å². The maximum absolute atomic E-state index is 12.1. The Morgan fingerprint density at radius 2 is 0.778 bits per heavy atom. The second-order valence-corrected chi connectivity index (χ2v) is 29.3. The van der Waals surface area contributed by atoms with Gasteiger partial charge in [0.25, 0.3) is 0 Å². The Morgan fingerprint density at radius 1 is 0.420 bits per heavy atom. The van der Waals surface area contributed by atoms with Crippen LogP contribution in [-0.2, 0) is 47.7 Å². The Hall–Kier alpha value is -4.07. The third-order valence-corrected chi connectivity index (χ3v) is 21.1. The predicted octanol–water partition coefficient (Wildman–Crippen LogP) is 13.4. The fraction of sp³-hybridized carbons (Fsp3) is 0.779. The summed E-state index contributed by atoms with van der Waals surface area (Å²) in [5.74, 6) is 3.77. The van der Waals surface area contributed by atoms with Crippen molar-refractivity contribution in [3.05, 3.63) is 60.8 Å². The summed E-state index contributed by atoms with van der Waals surface area (Å²) in [6, 6.07) is 0. The van der Waals surface area contributed by atoms with Crippen LogP contribution in [0, 0.1) is 53.3 Å². The molecule has 81 heavy (non-hydrogen) atoms. The summed E-state index contributed by atoms with van der Waals surface area (Å²) >= 11 is 0. The van der Waals surface area contributed by atoms with Crippen molar-refractivity contribution in [1.82, 2.24) is 0 Å². The Balaban J connectivity index is 0.000000147. The first-order valence-electron chi connectivity index (χ1n) is 31.2. The number of aliphatic hydroxyl groups is 3. The molecule has 0 aromatic heterocycles. The van der Waals surface area contributed by atoms with E-state index in [9.17, 15) is 39.3 Å². The molecule has 0 aromatic rings. The average Bonchev–Trinajstić information content (AvgIpc) is 3.79. The molecule has 0 radical (unpaired) electrons. The van der Waals surface area contributed by atoms with Gasteiger partial charge in [0, 0.05) is 53.5 Å². The second kappa shape index (κ2) is 24.5. The zero-order valence-corrected chi connectivity index (χ0v) is 51.5. The molecule has 0 heterocycles. The molecule has 454 valence electrons. The third-order valence-electron chi connectivity index (χ3n) is 21.1. The summed E-state index contributed by atoms with van der Waals surface area (Å²) in [4.78, 5) is 58.4. The van der Waals surface area contributed by atoms with Gasteiger partial charge in [0.1, 0.15) is 28.0 Å². The molecule has 0 saturated heterocycles. The van der Waals surface area contributed by atoms with Gasteiger partial charge in [0.2, 0.25) is 0 Å². The first-order valence-corrected chi connectivity index (χ1v) is 31.2. The van der Waals surface area contributed by atoms with Crippen LogP contribution < -0.4 is 0 Å². The van der Waals surface area contributed by atoms with Crippen LogP contribution in [0.2, 0.25) is 0 Å². The summed E-state index contributed by atoms with van der Waals surface area (Å²) in [5.41, 5.74) is -1.60. The maximum atomic E-state index is 12.1. The zero-order chi connectivity index (χ0) is 59.9. The van der Waals surface area contributed by atoms with Gasteiger partial charge in [-0.2, -0.15) is 0 Å². The monoisotopic (exact) mass is 1130 g/mol. The zero-order valence-electron chi connectivity index (χ0n) is 51.5. The fourth-order valence-electron chi connectivity index (χ4n) is 18.5. The lowest BCUT2D eigenvalue weighted by atomic mass is 9.47. The van der Waals surface area contributed by atoms with Crippen LogP contribution in [0.3, 0.4) is 0 Å². The molecular formula is C68H104O13. The van der Waals surface area contributed by atoms with Crippen molar-refractivity contribution in [1.29, 1.82) is 0 Å². The molecular weight excluding hydrogens is 1020 g/mol. The highest BCUT2D eigenvalue weighted by atomic mass is 16.6. The quantitative estimate of drug-likeness (QED) is 0.0897. The molecule has 14 aliphatic rings. The van der Waals surface area contributed by atoms with Crippen LogP contribution in [-0.4, -0.2) is 90.0 Å². The molecule has 0 aromatic carbocycles. The van der Waals surface area contributed by atoms with E-state index < -0.39 is 34.0 Å². The van der Waals surface area contributed by atoms with Crippen LogP contribution in [0.5, 0.6) is 0 Å². The number of carbonyl (C=O) groups is 5. The van der Waals surface area contributed by atoms with Crippen molar-refractivity contribution in [3.8, 4) is 0 Å². The molecule has 14 fully saturated rings. The van der Waals surface area contributed by atoms with E-state index in [-0.39, 0.29) is 46.6 Å². The third kappa shape index (κ3) is 14.5. The van der Waals surface area contributed by atoms with E-state index in [1.807, 2.05) is 0 Å². The maximum Gasteiger partial charge on any atom is 0.333 e. The molecule has 12 bridgehead atoms. The molecule has 0 amide bonds. The lowest BCUT2D eigenvalue weighted by molar-refractivity contribution is -0.260. The molecule has 13 nitrogen and oxygen atoms in total. The van der Waals surface area contributed by atoms with Crippen LogP contribution >= 0.6 is 0 Å². The van der Waals surface area contributed by atoms with Crippen LogP contribution in [0.4, 0.5) is 0 Å². The van der Waals surface area contributed by atoms with Crippen molar-refractivity contribution in [3.63, 3.8) is 0 Å². The van der Waals surface area contributed by atoms with Crippen molar-refractivity contribution in [2.45, 2.75) is 281 Å². The SMILES string of the molecule is C=C(C)C(=O)OC1(C(C)C)C2CC3CC(C2)CC1C3.C=C(C)C(=O)OC1(C(C)C)CCCC1.C=C(C)C(=O)OC1(CC)CCCC1.C=C(C)C(=O)OC12CC3CC(CC(O)(C3)C1)C2.C=C(C)C(=O)OC12CC3CC(O)(CC(O)(C3)C1)C2. The van der Waals surface area contributed by atoms with E-state index in [0.29, 0.717) is 89.1 Å². The van der Waals surface area contributed by atoms with Gasteiger partial charge in [-0.25, -0.2) is 24.0 Å². The van der Waals surface area contributed by atoms with Gasteiger partial charge in [-0.15, -0.1) is 0 Å². The van der Waals surface area contributed by atoms with Gasteiger partial charge < -0.3 is 39.0 Å². The average molecular weight is 1130 g/mol. The van der Waals surface area contributed by atoms with E-state index in [1.54, 1.807) is 34.6 Å². The van der Waals surface area contributed by atoms with Crippen molar-refractivity contribution >= 4 is 29.8 Å². The smallest absolute Gasteiger partial charge is 0.333 e.